The van der Waals surface area contributed by atoms with E-state index in [9.17, 15) is 9.90 Å². The number of hydrogen-bond donors (Lipinski definition) is 2. The van der Waals surface area contributed by atoms with Crippen molar-refractivity contribution in [3.05, 3.63) is 22.7 Å². The summed E-state index contributed by atoms with van der Waals surface area (Å²) in [4.78, 5) is 20.0. The van der Waals surface area contributed by atoms with Crippen LogP contribution in [0, 0.1) is 5.41 Å². The van der Waals surface area contributed by atoms with Crippen molar-refractivity contribution in [2.75, 3.05) is 6.54 Å². The standard InChI is InChI=1S/C12H16BrN5O2/c1-12(2,3)8(19)5-14-10(20)9-16-11-15-4-7(13)6-18(11)17-9/h4,6,8,19H,5H2,1-3H3,(H,14,20). The number of fused-ring (bicyclic) bond motifs is 1. The summed E-state index contributed by atoms with van der Waals surface area (Å²) in [5, 5.41) is 16.5. The SMILES string of the molecule is CC(C)(C)C(O)CNC(=O)c1nc2ncc(Br)cn2n1. The molecular formula is C12H16BrN5O2. The van der Waals surface area contributed by atoms with Gasteiger partial charge in [0.2, 0.25) is 5.82 Å². The molecule has 2 rings (SSSR count). The molecule has 0 aliphatic heterocycles. The van der Waals surface area contributed by atoms with Crippen molar-refractivity contribution in [1.82, 2.24) is 24.9 Å². The summed E-state index contributed by atoms with van der Waals surface area (Å²) < 4.78 is 2.16. The lowest BCUT2D eigenvalue weighted by atomic mass is 9.89. The zero-order chi connectivity index (χ0) is 14.9. The Kier molecular flexibility index (Phi) is 4.05. The molecule has 1 amide bonds. The number of aromatic nitrogens is 4. The Balaban J connectivity index is 2.08. The Hall–Kier alpha value is -1.54. The number of hydrogen-bond acceptors (Lipinski definition) is 5. The molecule has 0 radical (unpaired) electrons. The van der Waals surface area contributed by atoms with Crippen LogP contribution in [0.25, 0.3) is 5.78 Å². The highest BCUT2D eigenvalue weighted by molar-refractivity contribution is 9.10. The molecule has 0 spiro atoms. The first-order valence-electron chi connectivity index (χ1n) is 6.11. The third-order valence-electron chi connectivity index (χ3n) is 2.82. The molecule has 0 fully saturated rings. The monoisotopic (exact) mass is 341 g/mol. The van der Waals surface area contributed by atoms with Crippen LogP contribution in [0.1, 0.15) is 31.4 Å². The minimum atomic E-state index is -0.643. The van der Waals surface area contributed by atoms with Crippen LogP contribution < -0.4 is 5.32 Å². The van der Waals surface area contributed by atoms with Gasteiger partial charge in [-0.3, -0.25) is 4.79 Å². The highest BCUT2D eigenvalue weighted by atomic mass is 79.9. The molecule has 7 nitrogen and oxygen atoms in total. The van der Waals surface area contributed by atoms with Crippen LogP contribution in [0.3, 0.4) is 0 Å². The van der Waals surface area contributed by atoms with Gasteiger partial charge in [0.25, 0.3) is 11.7 Å². The molecule has 0 saturated heterocycles. The van der Waals surface area contributed by atoms with Gasteiger partial charge >= 0.3 is 0 Å². The number of carbonyl (C=O) groups is 1. The van der Waals surface area contributed by atoms with E-state index in [1.165, 1.54) is 4.52 Å². The average molecular weight is 342 g/mol. The van der Waals surface area contributed by atoms with Gasteiger partial charge in [0.1, 0.15) is 0 Å². The van der Waals surface area contributed by atoms with Crippen LogP contribution in [0.15, 0.2) is 16.9 Å². The molecule has 1 unspecified atom stereocenters. The zero-order valence-corrected chi connectivity index (χ0v) is 13.0. The molecule has 0 aliphatic carbocycles. The van der Waals surface area contributed by atoms with Crippen LogP contribution in [0.2, 0.25) is 0 Å². The number of halogens is 1. The second kappa shape index (κ2) is 5.45. The van der Waals surface area contributed by atoms with Crippen LogP contribution in [0.4, 0.5) is 0 Å². The molecule has 0 bridgehead atoms. The number of aliphatic hydroxyl groups excluding tert-OH is 1. The first kappa shape index (κ1) is 14.9. The molecule has 108 valence electrons. The third kappa shape index (κ3) is 3.31. The molecule has 1 atom stereocenters. The van der Waals surface area contributed by atoms with Gasteiger partial charge in [-0.05, 0) is 21.3 Å². The molecule has 0 aromatic carbocycles. The average Bonchev–Trinajstić information content (AvgIpc) is 2.77. The molecule has 2 heterocycles. The summed E-state index contributed by atoms with van der Waals surface area (Å²) in [6.07, 6.45) is 2.60. The lowest BCUT2D eigenvalue weighted by molar-refractivity contribution is 0.0584. The number of rotatable bonds is 3. The van der Waals surface area contributed by atoms with Crippen molar-refractivity contribution in [2.24, 2.45) is 5.41 Å². The Morgan fingerprint density at radius 2 is 2.25 bits per heavy atom. The smallest absolute Gasteiger partial charge is 0.291 e. The van der Waals surface area contributed by atoms with E-state index < -0.39 is 12.0 Å². The highest BCUT2D eigenvalue weighted by Gasteiger charge is 2.23. The minimum absolute atomic E-state index is 0.0247. The van der Waals surface area contributed by atoms with Gasteiger partial charge < -0.3 is 10.4 Å². The van der Waals surface area contributed by atoms with Crippen molar-refractivity contribution in [3.63, 3.8) is 0 Å². The van der Waals surface area contributed by atoms with Gasteiger partial charge in [-0.2, -0.15) is 4.98 Å². The number of nitrogens with one attached hydrogen (secondary N) is 1. The van der Waals surface area contributed by atoms with E-state index in [0.717, 1.165) is 4.47 Å². The van der Waals surface area contributed by atoms with E-state index in [4.69, 9.17) is 0 Å². The molecule has 0 saturated carbocycles. The van der Waals surface area contributed by atoms with E-state index in [-0.39, 0.29) is 17.8 Å². The molecule has 8 heteroatoms. The molecule has 2 aromatic heterocycles. The van der Waals surface area contributed by atoms with E-state index in [1.54, 1.807) is 12.4 Å². The summed E-state index contributed by atoms with van der Waals surface area (Å²) in [5.41, 5.74) is -0.300. The third-order valence-corrected chi connectivity index (χ3v) is 3.23. The normalized spacial score (nSPS) is 13.4. The first-order valence-corrected chi connectivity index (χ1v) is 6.91. The lowest BCUT2D eigenvalue weighted by Crippen LogP contribution is -2.39. The second-order valence-electron chi connectivity index (χ2n) is 5.54. The molecular weight excluding hydrogens is 326 g/mol. The summed E-state index contributed by atoms with van der Waals surface area (Å²) in [6, 6.07) is 0. The van der Waals surface area contributed by atoms with Gasteiger partial charge in [-0.1, -0.05) is 20.8 Å². The maximum atomic E-state index is 11.9. The topological polar surface area (TPSA) is 92.4 Å². The van der Waals surface area contributed by atoms with Gasteiger partial charge in [0.05, 0.1) is 10.6 Å². The Morgan fingerprint density at radius 1 is 1.55 bits per heavy atom. The number of nitrogens with zero attached hydrogens (tertiary/aromatic N) is 4. The van der Waals surface area contributed by atoms with Crippen molar-refractivity contribution < 1.29 is 9.90 Å². The zero-order valence-electron chi connectivity index (χ0n) is 11.5. The minimum Gasteiger partial charge on any atom is -0.391 e. The number of amides is 1. The Bertz CT molecular complexity index is 634. The second-order valence-corrected chi connectivity index (χ2v) is 6.46. The van der Waals surface area contributed by atoms with E-state index in [0.29, 0.717) is 5.78 Å². The van der Waals surface area contributed by atoms with Crippen LogP contribution in [0.5, 0.6) is 0 Å². The molecule has 20 heavy (non-hydrogen) atoms. The van der Waals surface area contributed by atoms with Crippen molar-refractivity contribution >= 4 is 27.6 Å². The number of aliphatic hydroxyl groups is 1. The van der Waals surface area contributed by atoms with Gasteiger partial charge in [-0.15, -0.1) is 5.10 Å². The molecule has 2 N–H and O–H groups in total. The Labute approximate surface area is 124 Å². The largest absolute Gasteiger partial charge is 0.391 e. The van der Waals surface area contributed by atoms with Crippen molar-refractivity contribution in [3.8, 4) is 0 Å². The summed E-state index contributed by atoms with van der Waals surface area (Å²) in [7, 11) is 0. The van der Waals surface area contributed by atoms with Crippen LogP contribution in [-0.4, -0.2) is 43.2 Å². The lowest BCUT2D eigenvalue weighted by Gasteiger charge is -2.25. The van der Waals surface area contributed by atoms with Gasteiger partial charge in [0.15, 0.2) is 0 Å². The maximum Gasteiger partial charge on any atom is 0.291 e. The highest BCUT2D eigenvalue weighted by Crippen LogP contribution is 2.18. The molecule has 2 aromatic rings. The van der Waals surface area contributed by atoms with E-state index in [1.807, 2.05) is 20.8 Å². The van der Waals surface area contributed by atoms with Crippen LogP contribution in [-0.2, 0) is 0 Å². The summed E-state index contributed by atoms with van der Waals surface area (Å²) in [6.45, 7) is 5.84. The summed E-state index contributed by atoms with van der Waals surface area (Å²) >= 11 is 3.27. The van der Waals surface area contributed by atoms with Crippen molar-refractivity contribution in [2.45, 2.75) is 26.9 Å². The Morgan fingerprint density at radius 3 is 2.90 bits per heavy atom. The quantitative estimate of drug-likeness (QED) is 0.869. The van der Waals surface area contributed by atoms with E-state index >= 15 is 0 Å². The van der Waals surface area contributed by atoms with Crippen LogP contribution >= 0.6 is 15.9 Å². The van der Waals surface area contributed by atoms with Gasteiger partial charge in [-0.25, -0.2) is 9.50 Å². The van der Waals surface area contributed by atoms with E-state index in [2.05, 4.69) is 36.3 Å². The summed E-state index contributed by atoms with van der Waals surface area (Å²) in [5.74, 6) is -0.0682. The molecule has 0 aliphatic rings. The van der Waals surface area contributed by atoms with Crippen molar-refractivity contribution in [1.29, 1.82) is 0 Å². The predicted octanol–water partition coefficient (Wildman–Crippen LogP) is 1.02. The fourth-order valence-corrected chi connectivity index (χ4v) is 1.73. The fourth-order valence-electron chi connectivity index (χ4n) is 1.43. The first-order chi connectivity index (χ1) is 9.27. The van der Waals surface area contributed by atoms with Gasteiger partial charge in [0, 0.05) is 18.9 Å². The maximum absolute atomic E-state index is 11.9. The fraction of sp³-hybridized carbons (Fsp3) is 0.500. The predicted molar refractivity (Wildman–Crippen MR) is 76.3 cm³/mol. The number of carbonyl (C=O) groups excluding carboxylic acids is 1.